The number of hydrogen-bond acceptors (Lipinski definition) is 3. The SMILES string of the molecule is C=CCNC1CCC2C(C1)c1c(O)cc(C(C)(C)CCCC)cc1OC2(C)C. The first kappa shape index (κ1) is 21.2. The van der Waals surface area contributed by atoms with E-state index in [9.17, 15) is 5.11 Å². The Bertz CT molecular complexity index is 707. The van der Waals surface area contributed by atoms with E-state index in [0.717, 1.165) is 43.5 Å². The van der Waals surface area contributed by atoms with Crippen molar-refractivity contribution in [3.05, 3.63) is 35.9 Å². The lowest BCUT2D eigenvalue weighted by Crippen LogP contribution is -2.49. The monoisotopic (exact) mass is 385 g/mol. The molecule has 28 heavy (non-hydrogen) atoms. The van der Waals surface area contributed by atoms with E-state index in [1.54, 1.807) is 0 Å². The van der Waals surface area contributed by atoms with Crippen LogP contribution in [0.4, 0.5) is 0 Å². The van der Waals surface area contributed by atoms with Crippen LogP contribution in [-0.2, 0) is 5.41 Å². The van der Waals surface area contributed by atoms with Gasteiger partial charge >= 0.3 is 0 Å². The second-order valence-corrected chi connectivity index (χ2v) is 10.0. The Morgan fingerprint density at radius 1 is 1.32 bits per heavy atom. The minimum absolute atomic E-state index is 0.0352. The maximum absolute atomic E-state index is 11.1. The molecule has 3 heteroatoms. The van der Waals surface area contributed by atoms with Crippen molar-refractivity contribution < 1.29 is 9.84 Å². The Labute approximate surface area is 171 Å². The van der Waals surface area contributed by atoms with Crippen molar-refractivity contribution in [1.29, 1.82) is 0 Å². The molecule has 0 radical (unpaired) electrons. The van der Waals surface area contributed by atoms with Gasteiger partial charge < -0.3 is 15.2 Å². The molecule has 3 nitrogen and oxygen atoms in total. The Morgan fingerprint density at radius 3 is 2.75 bits per heavy atom. The van der Waals surface area contributed by atoms with E-state index in [-0.39, 0.29) is 11.0 Å². The first-order valence-corrected chi connectivity index (χ1v) is 11.1. The summed E-state index contributed by atoms with van der Waals surface area (Å²) in [6.45, 7) is 15.9. The zero-order chi connectivity index (χ0) is 20.5. The standard InChI is InChI=1S/C25H39NO2/c1-7-9-12-24(3,4)17-14-21(27)23-19-16-18(26-13-8-2)10-11-20(19)25(5,6)28-22(23)15-17/h8,14-15,18-20,26-27H,2,7,9-13,16H2,1,3-6H3. The van der Waals surface area contributed by atoms with Crippen LogP contribution in [0, 0.1) is 5.92 Å². The highest BCUT2D eigenvalue weighted by Crippen LogP contribution is 2.55. The molecule has 1 heterocycles. The number of ether oxygens (including phenoxy) is 1. The molecule has 0 spiro atoms. The van der Waals surface area contributed by atoms with Crippen molar-refractivity contribution in [2.24, 2.45) is 5.92 Å². The molecule has 1 saturated carbocycles. The average molecular weight is 386 g/mol. The zero-order valence-electron chi connectivity index (χ0n) is 18.5. The van der Waals surface area contributed by atoms with Crippen molar-refractivity contribution in [1.82, 2.24) is 5.32 Å². The van der Waals surface area contributed by atoms with Gasteiger partial charge in [0.25, 0.3) is 0 Å². The van der Waals surface area contributed by atoms with Gasteiger partial charge in [-0.2, -0.15) is 0 Å². The van der Waals surface area contributed by atoms with Crippen LogP contribution in [-0.4, -0.2) is 23.3 Å². The number of nitrogens with one attached hydrogen (secondary N) is 1. The number of rotatable bonds is 7. The van der Waals surface area contributed by atoms with Crippen LogP contribution in [0.3, 0.4) is 0 Å². The third-order valence-electron chi connectivity index (χ3n) is 7.09. The van der Waals surface area contributed by atoms with Gasteiger partial charge in [0.1, 0.15) is 17.1 Å². The van der Waals surface area contributed by atoms with Gasteiger partial charge in [-0.25, -0.2) is 0 Å². The smallest absolute Gasteiger partial charge is 0.127 e. The van der Waals surface area contributed by atoms with Crippen molar-refractivity contribution in [3.8, 4) is 11.5 Å². The Kier molecular flexibility index (Phi) is 6.14. The maximum atomic E-state index is 11.1. The third kappa shape index (κ3) is 4.10. The van der Waals surface area contributed by atoms with Crippen molar-refractivity contribution in [2.45, 2.75) is 96.1 Å². The van der Waals surface area contributed by atoms with E-state index in [4.69, 9.17) is 4.74 Å². The highest BCUT2D eigenvalue weighted by atomic mass is 16.5. The van der Waals surface area contributed by atoms with Gasteiger partial charge in [-0.05, 0) is 68.6 Å². The zero-order valence-corrected chi connectivity index (χ0v) is 18.5. The van der Waals surface area contributed by atoms with E-state index >= 15 is 0 Å². The van der Waals surface area contributed by atoms with Crippen molar-refractivity contribution in [2.75, 3.05) is 6.54 Å². The number of fused-ring (bicyclic) bond motifs is 3. The van der Waals surface area contributed by atoms with Gasteiger partial charge in [0.05, 0.1) is 0 Å². The molecule has 3 rings (SSSR count). The predicted molar refractivity (Wildman–Crippen MR) is 117 cm³/mol. The fourth-order valence-corrected chi connectivity index (χ4v) is 5.34. The van der Waals surface area contributed by atoms with E-state index in [2.05, 4.69) is 52.6 Å². The lowest BCUT2D eigenvalue weighted by Gasteiger charge is -2.49. The molecule has 1 aromatic carbocycles. The molecule has 156 valence electrons. The fourth-order valence-electron chi connectivity index (χ4n) is 5.34. The molecule has 3 atom stereocenters. The molecule has 2 aliphatic rings. The van der Waals surface area contributed by atoms with Crippen LogP contribution in [0.25, 0.3) is 0 Å². The Hall–Kier alpha value is -1.48. The van der Waals surface area contributed by atoms with E-state index < -0.39 is 0 Å². The number of aromatic hydroxyl groups is 1. The summed E-state index contributed by atoms with van der Waals surface area (Å²) >= 11 is 0. The summed E-state index contributed by atoms with van der Waals surface area (Å²) in [6.07, 6.45) is 8.74. The third-order valence-corrected chi connectivity index (χ3v) is 7.09. The lowest BCUT2D eigenvalue weighted by atomic mass is 9.65. The molecule has 1 aliphatic carbocycles. The van der Waals surface area contributed by atoms with E-state index in [1.807, 2.05) is 12.1 Å². The average Bonchev–Trinajstić information content (AvgIpc) is 2.63. The number of unbranched alkanes of at least 4 members (excludes halogenated alkanes) is 1. The van der Waals surface area contributed by atoms with E-state index in [0.29, 0.717) is 23.6 Å². The summed E-state index contributed by atoms with van der Waals surface area (Å²) in [5.74, 6) is 2.09. The molecule has 0 aromatic heterocycles. The summed E-state index contributed by atoms with van der Waals surface area (Å²) in [7, 11) is 0. The molecular formula is C25H39NO2. The van der Waals surface area contributed by atoms with Gasteiger partial charge in [0.2, 0.25) is 0 Å². The number of hydrogen-bond donors (Lipinski definition) is 2. The summed E-state index contributed by atoms with van der Waals surface area (Å²) in [6, 6.07) is 4.69. The molecule has 1 aromatic rings. The summed E-state index contributed by atoms with van der Waals surface area (Å²) in [5.41, 5.74) is 2.04. The topological polar surface area (TPSA) is 41.5 Å². The van der Waals surface area contributed by atoms with Crippen LogP contribution in [0.1, 0.15) is 90.2 Å². The molecule has 0 amide bonds. The minimum atomic E-state index is -0.209. The van der Waals surface area contributed by atoms with Crippen molar-refractivity contribution in [3.63, 3.8) is 0 Å². The van der Waals surface area contributed by atoms with Crippen LogP contribution < -0.4 is 10.1 Å². The largest absolute Gasteiger partial charge is 0.508 e. The first-order chi connectivity index (χ1) is 13.2. The fraction of sp³-hybridized carbons (Fsp3) is 0.680. The van der Waals surface area contributed by atoms with E-state index in [1.165, 1.54) is 18.4 Å². The molecule has 0 saturated heterocycles. The summed E-state index contributed by atoms with van der Waals surface area (Å²) in [4.78, 5) is 0. The van der Waals surface area contributed by atoms with Crippen LogP contribution in [0.2, 0.25) is 0 Å². The van der Waals surface area contributed by atoms with Crippen LogP contribution in [0.15, 0.2) is 24.8 Å². The highest BCUT2D eigenvalue weighted by molar-refractivity contribution is 5.53. The normalized spacial score (nSPS) is 26.1. The predicted octanol–water partition coefficient (Wildman–Crippen LogP) is 6.06. The van der Waals surface area contributed by atoms with Gasteiger partial charge in [0, 0.05) is 24.1 Å². The maximum Gasteiger partial charge on any atom is 0.127 e. The minimum Gasteiger partial charge on any atom is -0.508 e. The number of phenolic OH excluding ortho intramolecular Hbond substituents is 1. The van der Waals surface area contributed by atoms with Gasteiger partial charge in [-0.15, -0.1) is 6.58 Å². The van der Waals surface area contributed by atoms with Crippen molar-refractivity contribution >= 4 is 0 Å². The van der Waals surface area contributed by atoms with Crippen LogP contribution >= 0.6 is 0 Å². The molecule has 3 unspecified atom stereocenters. The summed E-state index contributed by atoms with van der Waals surface area (Å²) < 4.78 is 6.53. The molecule has 0 bridgehead atoms. The van der Waals surface area contributed by atoms with Gasteiger partial charge in [0.15, 0.2) is 0 Å². The lowest BCUT2D eigenvalue weighted by molar-refractivity contribution is -0.0120. The molecular weight excluding hydrogens is 346 g/mol. The molecule has 2 N–H and O–H groups in total. The first-order valence-electron chi connectivity index (χ1n) is 11.1. The van der Waals surface area contributed by atoms with Gasteiger partial charge in [-0.1, -0.05) is 39.7 Å². The van der Waals surface area contributed by atoms with Crippen LogP contribution in [0.5, 0.6) is 11.5 Å². The second kappa shape index (κ2) is 8.10. The Morgan fingerprint density at radius 2 is 2.07 bits per heavy atom. The summed E-state index contributed by atoms with van der Waals surface area (Å²) in [5, 5.41) is 14.7. The second-order valence-electron chi connectivity index (χ2n) is 10.0. The quantitative estimate of drug-likeness (QED) is 0.561. The molecule has 1 fully saturated rings. The molecule has 1 aliphatic heterocycles. The number of phenols is 1. The Balaban J connectivity index is 1.96. The number of benzene rings is 1. The highest BCUT2D eigenvalue weighted by Gasteiger charge is 2.47. The van der Waals surface area contributed by atoms with Gasteiger partial charge in [-0.3, -0.25) is 0 Å².